The SMILES string of the molecule is CC(c1ccccc1OCl)[N+](=O)[O-]. The maximum absolute atomic E-state index is 10.5. The van der Waals surface area contributed by atoms with Crippen LogP contribution in [0.3, 0.4) is 0 Å². The summed E-state index contributed by atoms with van der Waals surface area (Å²) in [4.78, 5) is 10.1. The Morgan fingerprint density at radius 3 is 2.69 bits per heavy atom. The lowest BCUT2D eigenvalue weighted by molar-refractivity contribution is -0.524. The van der Waals surface area contributed by atoms with Gasteiger partial charge in [0.2, 0.25) is 6.04 Å². The second-order valence-electron chi connectivity index (χ2n) is 2.58. The van der Waals surface area contributed by atoms with Gasteiger partial charge in [0.05, 0.1) is 5.56 Å². The van der Waals surface area contributed by atoms with E-state index in [1.54, 1.807) is 24.3 Å². The van der Waals surface area contributed by atoms with Crippen LogP contribution < -0.4 is 4.29 Å². The Kier molecular flexibility index (Phi) is 3.08. The molecule has 0 aliphatic heterocycles. The van der Waals surface area contributed by atoms with E-state index in [1.807, 2.05) is 0 Å². The number of benzene rings is 1. The van der Waals surface area contributed by atoms with Crippen molar-refractivity contribution in [2.45, 2.75) is 13.0 Å². The Bertz CT molecular complexity index is 316. The van der Waals surface area contributed by atoms with E-state index < -0.39 is 11.0 Å². The van der Waals surface area contributed by atoms with Crippen LogP contribution in [0.5, 0.6) is 5.75 Å². The van der Waals surface area contributed by atoms with Crippen molar-refractivity contribution in [2.75, 3.05) is 0 Å². The van der Waals surface area contributed by atoms with Crippen molar-refractivity contribution in [3.63, 3.8) is 0 Å². The van der Waals surface area contributed by atoms with Crippen LogP contribution in [-0.2, 0) is 0 Å². The standard InChI is InChI=1S/C8H8ClNO3/c1-6(10(11)12)7-4-2-3-5-8(7)13-9/h2-6H,1H3. The van der Waals surface area contributed by atoms with Gasteiger partial charge < -0.3 is 4.29 Å². The van der Waals surface area contributed by atoms with Crippen molar-refractivity contribution in [3.05, 3.63) is 39.9 Å². The quantitative estimate of drug-likeness (QED) is 0.558. The summed E-state index contributed by atoms with van der Waals surface area (Å²) in [7, 11) is 0. The van der Waals surface area contributed by atoms with Crippen molar-refractivity contribution in [2.24, 2.45) is 0 Å². The molecule has 0 aliphatic rings. The van der Waals surface area contributed by atoms with E-state index in [4.69, 9.17) is 11.9 Å². The normalized spacial score (nSPS) is 12.2. The van der Waals surface area contributed by atoms with Crippen molar-refractivity contribution in [1.29, 1.82) is 0 Å². The molecule has 0 aliphatic carbocycles. The fourth-order valence-corrected chi connectivity index (χ4v) is 1.15. The molecule has 0 spiro atoms. The van der Waals surface area contributed by atoms with Gasteiger partial charge in [-0.1, -0.05) is 12.1 Å². The molecule has 70 valence electrons. The molecule has 1 aromatic carbocycles. The first-order chi connectivity index (χ1) is 6.16. The van der Waals surface area contributed by atoms with Gasteiger partial charge in [-0.25, -0.2) is 0 Å². The van der Waals surface area contributed by atoms with E-state index in [1.165, 1.54) is 6.92 Å². The summed E-state index contributed by atoms with van der Waals surface area (Å²) in [6.45, 7) is 1.48. The molecule has 0 saturated heterocycles. The highest BCUT2D eigenvalue weighted by molar-refractivity contribution is 6.09. The van der Waals surface area contributed by atoms with Crippen molar-refractivity contribution in [3.8, 4) is 5.75 Å². The molecule has 1 rings (SSSR count). The zero-order valence-corrected chi connectivity index (χ0v) is 7.69. The molecule has 13 heavy (non-hydrogen) atoms. The van der Waals surface area contributed by atoms with Crippen molar-refractivity contribution >= 4 is 11.9 Å². The van der Waals surface area contributed by atoms with Crippen LogP contribution in [0.2, 0.25) is 0 Å². The van der Waals surface area contributed by atoms with Crippen molar-refractivity contribution in [1.82, 2.24) is 0 Å². The molecular formula is C8H8ClNO3. The average Bonchev–Trinajstić information content (AvgIpc) is 2.16. The number of halogens is 1. The van der Waals surface area contributed by atoms with Gasteiger partial charge in [-0.2, -0.15) is 0 Å². The van der Waals surface area contributed by atoms with E-state index in [-0.39, 0.29) is 0 Å². The van der Waals surface area contributed by atoms with Crippen LogP contribution in [0.15, 0.2) is 24.3 Å². The van der Waals surface area contributed by atoms with E-state index in [2.05, 4.69) is 4.29 Å². The summed E-state index contributed by atoms with van der Waals surface area (Å²) in [6.07, 6.45) is 0. The monoisotopic (exact) mass is 201 g/mol. The fraction of sp³-hybridized carbons (Fsp3) is 0.250. The summed E-state index contributed by atoms with van der Waals surface area (Å²) >= 11 is 5.16. The largest absolute Gasteiger partial charge is 0.385 e. The molecule has 0 heterocycles. The summed E-state index contributed by atoms with van der Waals surface area (Å²) in [5.74, 6) is 0.327. The van der Waals surface area contributed by atoms with Crippen LogP contribution in [0, 0.1) is 10.1 Å². The van der Waals surface area contributed by atoms with Crippen LogP contribution >= 0.6 is 11.9 Å². The zero-order chi connectivity index (χ0) is 9.84. The van der Waals surface area contributed by atoms with Gasteiger partial charge in [0.25, 0.3) is 0 Å². The summed E-state index contributed by atoms with van der Waals surface area (Å²) in [6, 6.07) is 5.80. The molecule has 1 aromatic rings. The fourth-order valence-electron chi connectivity index (χ4n) is 1.01. The van der Waals surface area contributed by atoms with Gasteiger partial charge in [0, 0.05) is 11.8 Å². The van der Waals surface area contributed by atoms with E-state index in [0.29, 0.717) is 11.3 Å². The lowest BCUT2D eigenvalue weighted by atomic mass is 10.1. The summed E-state index contributed by atoms with van der Waals surface area (Å²) < 4.78 is 4.48. The number of nitrogens with zero attached hydrogens (tertiary/aromatic N) is 1. The third-order valence-corrected chi connectivity index (χ3v) is 1.93. The molecule has 0 N–H and O–H groups in total. The van der Waals surface area contributed by atoms with Crippen LogP contribution in [0.1, 0.15) is 18.5 Å². The van der Waals surface area contributed by atoms with Crippen LogP contribution in [-0.4, -0.2) is 4.92 Å². The first-order valence-electron chi connectivity index (χ1n) is 3.68. The zero-order valence-electron chi connectivity index (χ0n) is 6.94. The van der Waals surface area contributed by atoms with E-state index >= 15 is 0 Å². The maximum Gasteiger partial charge on any atom is 0.239 e. The molecule has 1 unspecified atom stereocenters. The minimum absolute atomic E-state index is 0.327. The summed E-state index contributed by atoms with van der Waals surface area (Å²) in [5.41, 5.74) is 0.475. The van der Waals surface area contributed by atoms with Gasteiger partial charge in [-0.3, -0.25) is 10.1 Å². The predicted octanol–water partition coefficient (Wildman–Crippen LogP) is 2.56. The maximum atomic E-state index is 10.5. The van der Waals surface area contributed by atoms with Gasteiger partial charge >= 0.3 is 0 Å². The van der Waals surface area contributed by atoms with E-state index in [0.717, 1.165) is 0 Å². The molecule has 0 radical (unpaired) electrons. The topological polar surface area (TPSA) is 52.4 Å². The number of nitro groups is 1. The minimum atomic E-state index is -0.810. The Morgan fingerprint density at radius 2 is 2.15 bits per heavy atom. The van der Waals surface area contributed by atoms with Crippen molar-refractivity contribution < 1.29 is 9.21 Å². The van der Waals surface area contributed by atoms with E-state index in [9.17, 15) is 10.1 Å². The van der Waals surface area contributed by atoms with Crippen LogP contribution in [0.25, 0.3) is 0 Å². The molecule has 0 aromatic heterocycles. The molecule has 1 atom stereocenters. The highest BCUT2D eigenvalue weighted by Gasteiger charge is 2.20. The molecule has 0 saturated carbocycles. The molecule has 0 amide bonds. The third kappa shape index (κ3) is 2.09. The Labute approximate surface area is 80.4 Å². The first-order valence-corrected chi connectivity index (χ1v) is 3.98. The van der Waals surface area contributed by atoms with Crippen LogP contribution in [0.4, 0.5) is 0 Å². The Hall–Kier alpha value is -1.29. The van der Waals surface area contributed by atoms with Gasteiger partial charge in [0.1, 0.15) is 11.9 Å². The lowest BCUT2D eigenvalue weighted by Crippen LogP contribution is -2.06. The average molecular weight is 202 g/mol. The molecular weight excluding hydrogens is 194 g/mol. The Balaban J connectivity index is 3.05. The smallest absolute Gasteiger partial charge is 0.239 e. The summed E-state index contributed by atoms with van der Waals surface area (Å²) in [5, 5.41) is 10.5. The second kappa shape index (κ2) is 4.09. The number of para-hydroxylation sites is 1. The molecule has 5 heteroatoms. The third-order valence-electron chi connectivity index (χ3n) is 1.77. The van der Waals surface area contributed by atoms with Gasteiger partial charge in [-0.05, 0) is 12.1 Å². The molecule has 4 nitrogen and oxygen atoms in total. The highest BCUT2D eigenvalue weighted by atomic mass is 35.5. The number of rotatable bonds is 3. The van der Waals surface area contributed by atoms with Gasteiger partial charge in [-0.15, -0.1) is 0 Å². The number of hydrogen-bond donors (Lipinski definition) is 0. The molecule has 0 bridgehead atoms. The van der Waals surface area contributed by atoms with Gasteiger partial charge in [0.15, 0.2) is 5.75 Å². The highest BCUT2D eigenvalue weighted by Crippen LogP contribution is 2.27. The second-order valence-corrected chi connectivity index (χ2v) is 2.73. The Morgan fingerprint density at radius 1 is 1.54 bits per heavy atom. The predicted molar refractivity (Wildman–Crippen MR) is 48.3 cm³/mol. The first kappa shape index (κ1) is 9.80. The minimum Gasteiger partial charge on any atom is -0.385 e. The molecule has 0 fully saturated rings. The lowest BCUT2D eigenvalue weighted by Gasteiger charge is -2.06. The number of hydrogen-bond acceptors (Lipinski definition) is 3.